The summed E-state index contributed by atoms with van der Waals surface area (Å²) in [7, 11) is 1.38. The summed E-state index contributed by atoms with van der Waals surface area (Å²) in [6.45, 7) is 3.93. The number of rotatable bonds is 3. The molecule has 4 nitrogen and oxygen atoms in total. The number of carbonyl (C=O) groups excluding carboxylic acids is 1. The maximum Gasteiger partial charge on any atom is 0.406 e. The van der Waals surface area contributed by atoms with Crippen LogP contribution in [0.5, 0.6) is 0 Å². The van der Waals surface area contributed by atoms with Crippen molar-refractivity contribution in [2.24, 2.45) is 5.92 Å². The topological polar surface area (TPSA) is 50.4 Å². The minimum atomic E-state index is -0.343. The largest absolute Gasteiger partial charge is 0.453 e. The second-order valence-electron chi connectivity index (χ2n) is 3.55. The first-order valence-electron chi connectivity index (χ1n) is 4.79. The summed E-state index contributed by atoms with van der Waals surface area (Å²) < 4.78 is 4.49. The van der Waals surface area contributed by atoms with E-state index in [1.54, 1.807) is 0 Å². The van der Waals surface area contributed by atoms with Crippen molar-refractivity contribution < 1.29 is 9.53 Å². The van der Waals surface area contributed by atoms with Crippen LogP contribution in [-0.4, -0.2) is 32.3 Å². The molecule has 1 rings (SSSR count). The van der Waals surface area contributed by atoms with Crippen molar-refractivity contribution >= 4 is 6.09 Å². The lowest BCUT2D eigenvalue weighted by Gasteiger charge is -2.19. The van der Waals surface area contributed by atoms with E-state index in [0.717, 1.165) is 6.54 Å². The zero-order valence-electron chi connectivity index (χ0n) is 8.30. The number of ether oxygens (including phenoxy) is 1. The van der Waals surface area contributed by atoms with Gasteiger partial charge in [0, 0.05) is 12.6 Å². The second-order valence-corrected chi connectivity index (χ2v) is 3.55. The average Bonchev–Trinajstić information content (AvgIpc) is 2.66. The zero-order valence-corrected chi connectivity index (χ0v) is 8.30. The van der Waals surface area contributed by atoms with Crippen LogP contribution in [-0.2, 0) is 4.74 Å². The van der Waals surface area contributed by atoms with Crippen LogP contribution < -0.4 is 10.6 Å². The zero-order chi connectivity index (χ0) is 9.68. The molecule has 1 fully saturated rings. The number of hydrogen-bond acceptors (Lipinski definition) is 3. The van der Waals surface area contributed by atoms with Crippen LogP contribution in [0.25, 0.3) is 0 Å². The Hall–Kier alpha value is -0.770. The van der Waals surface area contributed by atoms with Gasteiger partial charge >= 0.3 is 6.09 Å². The van der Waals surface area contributed by atoms with Crippen LogP contribution in [0.4, 0.5) is 4.79 Å². The molecule has 0 aromatic heterocycles. The molecule has 76 valence electrons. The summed E-state index contributed by atoms with van der Waals surface area (Å²) in [4.78, 5) is 10.8. The molecular weight excluding hydrogens is 168 g/mol. The summed E-state index contributed by atoms with van der Waals surface area (Å²) in [6.07, 6.45) is 2.11. The molecule has 0 aromatic carbocycles. The lowest BCUT2D eigenvalue weighted by molar-refractivity contribution is 0.168. The van der Waals surface area contributed by atoms with Crippen molar-refractivity contribution in [3.8, 4) is 0 Å². The monoisotopic (exact) mass is 186 g/mol. The molecule has 1 aliphatic rings. The lowest BCUT2D eigenvalue weighted by atomic mass is 10.0. The van der Waals surface area contributed by atoms with Crippen LogP contribution in [0.2, 0.25) is 0 Å². The highest BCUT2D eigenvalue weighted by Crippen LogP contribution is 2.13. The van der Waals surface area contributed by atoms with Gasteiger partial charge in [0.15, 0.2) is 0 Å². The molecule has 1 saturated heterocycles. The Bertz CT molecular complexity index is 167. The fourth-order valence-electron chi connectivity index (χ4n) is 1.66. The molecule has 0 spiro atoms. The van der Waals surface area contributed by atoms with Crippen molar-refractivity contribution in [3.05, 3.63) is 0 Å². The minimum Gasteiger partial charge on any atom is -0.453 e. The van der Waals surface area contributed by atoms with E-state index in [2.05, 4.69) is 22.3 Å². The van der Waals surface area contributed by atoms with Crippen LogP contribution in [0.1, 0.15) is 19.8 Å². The molecule has 0 saturated carbocycles. The highest BCUT2D eigenvalue weighted by molar-refractivity contribution is 5.66. The van der Waals surface area contributed by atoms with Gasteiger partial charge in [-0.25, -0.2) is 4.79 Å². The lowest BCUT2D eigenvalue weighted by Crippen LogP contribution is -2.37. The van der Waals surface area contributed by atoms with E-state index in [4.69, 9.17) is 0 Å². The third-order valence-electron chi connectivity index (χ3n) is 2.54. The Morgan fingerprint density at radius 2 is 2.54 bits per heavy atom. The van der Waals surface area contributed by atoms with E-state index in [9.17, 15) is 4.79 Å². The standard InChI is InChI=1S/C9H18N2O2/c1-7(6-11-9(12)13-2)8-4-3-5-10-8/h7-8,10H,3-6H2,1-2H3,(H,11,12). The molecule has 1 heterocycles. The number of nitrogens with one attached hydrogen (secondary N) is 2. The highest BCUT2D eigenvalue weighted by Gasteiger charge is 2.20. The van der Waals surface area contributed by atoms with Gasteiger partial charge in [0.1, 0.15) is 0 Å². The van der Waals surface area contributed by atoms with E-state index < -0.39 is 0 Å². The Labute approximate surface area is 79.0 Å². The first kappa shape index (κ1) is 10.3. The summed E-state index contributed by atoms with van der Waals surface area (Å²) in [5, 5.41) is 6.11. The maximum absolute atomic E-state index is 10.8. The van der Waals surface area contributed by atoms with E-state index >= 15 is 0 Å². The van der Waals surface area contributed by atoms with Crippen molar-refractivity contribution in [1.82, 2.24) is 10.6 Å². The number of methoxy groups -OCH3 is 1. The maximum atomic E-state index is 10.8. The SMILES string of the molecule is COC(=O)NCC(C)C1CCCN1. The van der Waals surface area contributed by atoms with Gasteiger partial charge in [-0.2, -0.15) is 0 Å². The van der Waals surface area contributed by atoms with Crippen LogP contribution in [0, 0.1) is 5.92 Å². The molecular formula is C9H18N2O2. The predicted octanol–water partition coefficient (Wildman–Crippen LogP) is 0.730. The van der Waals surface area contributed by atoms with Crippen LogP contribution in [0.3, 0.4) is 0 Å². The Kier molecular flexibility index (Phi) is 4.02. The molecule has 1 amide bonds. The van der Waals surface area contributed by atoms with Crippen molar-refractivity contribution in [3.63, 3.8) is 0 Å². The second kappa shape index (κ2) is 5.07. The van der Waals surface area contributed by atoms with Gasteiger partial charge in [0.25, 0.3) is 0 Å². The first-order valence-corrected chi connectivity index (χ1v) is 4.79. The van der Waals surface area contributed by atoms with Crippen molar-refractivity contribution in [2.45, 2.75) is 25.8 Å². The predicted molar refractivity (Wildman–Crippen MR) is 50.6 cm³/mol. The fourth-order valence-corrected chi connectivity index (χ4v) is 1.66. The van der Waals surface area contributed by atoms with E-state index in [-0.39, 0.29) is 6.09 Å². The Morgan fingerprint density at radius 1 is 1.77 bits per heavy atom. The van der Waals surface area contributed by atoms with Crippen LogP contribution in [0.15, 0.2) is 0 Å². The molecule has 13 heavy (non-hydrogen) atoms. The molecule has 1 aliphatic heterocycles. The smallest absolute Gasteiger partial charge is 0.406 e. The van der Waals surface area contributed by atoms with E-state index in [1.807, 2.05) is 0 Å². The van der Waals surface area contributed by atoms with Gasteiger partial charge in [-0.05, 0) is 25.3 Å². The summed E-state index contributed by atoms with van der Waals surface area (Å²) in [6, 6.07) is 0.553. The molecule has 2 atom stereocenters. The normalized spacial score (nSPS) is 24.0. The first-order chi connectivity index (χ1) is 6.24. The molecule has 4 heteroatoms. The van der Waals surface area contributed by atoms with Crippen LogP contribution >= 0.6 is 0 Å². The van der Waals surface area contributed by atoms with E-state index in [1.165, 1.54) is 20.0 Å². The van der Waals surface area contributed by atoms with Gasteiger partial charge in [0.2, 0.25) is 0 Å². The molecule has 0 bridgehead atoms. The minimum absolute atomic E-state index is 0.343. The summed E-state index contributed by atoms with van der Waals surface area (Å²) in [5.74, 6) is 0.474. The Morgan fingerprint density at radius 3 is 3.08 bits per heavy atom. The number of alkyl carbamates (subject to hydrolysis) is 1. The van der Waals surface area contributed by atoms with Gasteiger partial charge in [0.05, 0.1) is 7.11 Å². The highest BCUT2D eigenvalue weighted by atomic mass is 16.5. The number of carbonyl (C=O) groups is 1. The molecule has 2 N–H and O–H groups in total. The van der Waals surface area contributed by atoms with Crippen molar-refractivity contribution in [2.75, 3.05) is 20.2 Å². The molecule has 0 aromatic rings. The van der Waals surface area contributed by atoms with Gasteiger partial charge in [-0.15, -0.1) is 0 Å². The number of amides is 1. The van der Waals surface area contributed by atoms with Gasteiger partial charge < -0.3 is 15.4 Å². The summed E-state index contributed by atoms with van der Waals surface area (Å²) >= 11 is 0. The average molecular weight is 186 g/mol. The fraction of sp³-hybridized carbons (Fsp3) is 0.889. The third-order valence-corrected chi connectivity index (χ3v) is 2.54. The Balaban J connectivity index is 2.16. The quantitative estimate of drug-likeness (QED) is 0.683. The number of hydrogen-bond donors (Lipinski definition) is 2. The molecule has 0 radical (unpaired) electrons. The third kappa shape index (κ3) is 3.22. The molecule has 2 unspecified atom stereocenters. The van der Waals surface area contributed by atoms with Gasteiger partial charge in [-0.1, -0.05) is 6.92 Å². The molecule has 0 aliphatic carbocycles. The summed E-state index contributed by atoms with van der Waals surface area (Å²) in [5.41, 5.74) is 0. The van der Waals surface area contributed by atoms with Gasteiger partial charge in [-0.3, -0.25) is 0 Å². The van der Waals surface area contributed by atoms with Crippen molar-refractivity contribution in [1.29, 1.82) is 0 Å². The van der Waals surface area contributed by atoms with E-state index in [0.29, 0.717) is 18.5 Å².